The van der Waals surface area contributed by atoms with Crippen LogP contribution >= 0.6 is 0 Å². The second-order valence-corrected chi connectivity index (χ2v) is 5.98. The smallest absolute Gasteiger partial charge is 0.305 e. The van der Waals surface area contributed by atoms with E-state index in [9.17, 15) is 14.4 Å². The zero-order valence-corrected chi connectivity index (χ0v) is 14.1. The van der Waals surface area contributed by atoms with Crippen LogP contribution < -0.4 is 9.64 Å². The van der Waals surface area contributed by atoms with Gasteiger partial charge in [-0.05, 0) is 24.6 Å². The first-order chi connectivity index (χ1) is 11.3. The SMILES string of the molecule is COc1ccc(C)cc1N1CC(C(=O)N(C)CCC(=O)O)CC1=O. The van der Waals surface area contributed by atoms with Crippen molar-refractivity contribution in [1.29, 1.82) is 0 Å². The van der Waals surface area contributed by atoms with Gasteiger partial charge in [-0.25, -0.2) is 0 Å². The van der Waals surface area contributed by atoms with Crippen LogP contribution in [0.2, 0.25) is 0 Å². The number of rotatable bonds is 6. The van der Waals surface area contributed by atoms with E-state index < -0.39 is 11.9 Å². The van der Waals surface area contributed by atoms with Crippen LogP contribution in [0, 0.1) is 12.8 Å². The molecule has 1 aliphatic heterocycles. The summed E-state index contributed by atoms with van der Waals surface area (Å²) in [7, 11) is 3.10. The average molecular weight is 334 g/mol. The number of amides is 2. The van der Waals surface area contributed by atoms with E-state index in [-0.39, 0.29) is 37.7 Å². The highest BCUT2D eigenvalue weighted by molar-refractivity contribution is 6.01. The maximum absolute atomic E-state index is 12.4. The molecule has 1 fully saturated rings. The number of carboxylic acid groups (broad SMARTS) is 1. The molecular weight excluding hydrogens is 312 g/mol. The van der Waals surface area contributed by atoms with Crippen LogP contribution in [0.3, 0.4) is 0 Å². The van der Waals surface area contributed by atoms with E-state index in [4.69, 9.17) is 9.84 Å². The molecule has 2 amide bonds. The summed E-state index contributed by atoms with van der Waals surface area (Å²) in [4.78, 5) is 38.4. The van der Waals surface area contributed by atoms with Crippen molar-refractivity contribution in [2.75, 3.05) is 32.1 Å². The molecule has 1 aromatic rings. The van der Waals surface area contributed by atoms with Crippen molar-refractivity contribution in [2.24, 2.45) is 5.92 Å². The van der Waals surface area contributed by atoms with Crippen molar-refractivity contribution in [3.8, 4) is 5.75 Å². The van der Waals surface area contributed by atoms with Crippen LogP contribution in [0.25, 0.3) is 0 Å². The number of carbonyl (C=O) groups is 3. The fourth-order valence-electron chi connectivity index (χ4n) is 2.80. The summed E-state index contributed by atoms with van der Waals surface area (Å²) in [5.41, 5.74) is 1.65. The maximum Gasteiger partial charge on any atom is 0.305 e. The van der Waals surface area contributed by atoms with Crippen LogP contribution in [-0.4, -0.2) is 55.0 Å². The monoisotopic (exact) mass is 334 g/mol. The molecule has 0 aliphatic carbocycles. The van der Waals surface area contributed by atoms with Crippen LogP contribution in [0.1, 0.15) is 18.4 Å². The van der Waals surface area contributed by atoms with Gasteiger partial charge in [0.05, 0.1) is 25.1 Å². The molecule has 7 nitrogen and oxygen atoms in total. The molecule has 130 valence electrons. The van der Waals surface area contributed by atoms with Gasteiger partial charge in [-0.15, -0.1) is 0 Å². The highest BCUT2D eigenvalue weighted by Gasteiger charge is 2.37. The zero-order chi connectivity index (χ0) is 17.9. The Bertz CT molecular complexity index is 658. The van der Waals surface area contributed by atoms with Crippen LogP contribution in [0.5, 0.6) is 5.75 Å². The van der Waals surface area contributed by atoms with Gasteiger partial charge >= 0.3 is 5.97 Å². The molecule has 0 saturated carbocycles. The third-order valence-electron chi connectivity index (χ3n) is 4.14. The lowest BCUT2D eigenvalue weighted by molar-refractivity contribution is -0.139. The summed E-state index contributed by atoms with van der Waals surface area (Å²) in [6, 6.07) is 5.55. The molecule has 1 atom stereocenters. The first-order valence-electron chi connectivity index (χ1n) is 7.75. The van der Waals surface area contributed by atoms with Gasteiger partial charge in [-0.3, -0.25) is 14.4 Å². The molecule has 1 saturated heterocycles. The number of carbonyl (C=O) groups excluding carboxylic acids is 2. The molecule has 24 heavy (non-hydrogen) atoms. The van der Waals surface area contributed by atoms with Crippen LogP contribution in [0.15, 0.2) is 18.2 Å². The fraction of sp³-hybridized carbons (Fsp3) is 0.471. The quantitative estimate of drug-likeness (QED) is 0.847. The summed E-state index contributed by atoms with van der Waals surface area (Å²) >= 11 is 0. The second-order valence-electron chi connectivity index (χ2n) is 5.98. The summed E-state index contributed by atoms with van der Waals surface area (Å²) in [6.45, 7) is 2.33. The Morgan fingerprint density at radius 1 is 1.42 bits per heavy atom. The van der Waals surface area contributed by atoms with E-state index in [0.717, 1.165) is 5.56 Å². The van der Waals surface area contributed by atoms with Gasteiger partial charge < -0.3 is 19.6 Å². The second kappa shape index (κ2) is 7.33. The molecule has 1 aliphatic rings. The molecule has 1 heterocycles. The minimum atomic E-state index is -0.955. The number of aryl methyl sites for hydroxylation is 1. The molecule has 0 aromatic heterocycles. The molecular formula is C17H22N2O5. The third-order valence-corrected chi connectivity index (χ3v) is 4.14. The van der Waals surface area contributed by atoms with E-state index in [2.05, 4.69) is 0 Å². The summed E-state index contributed by atoms with van der Waals surface area (Å²) in [5, 5.41) is 8.71. The normalized spacial score (nSPS) is 17.0. The Hall–Kier alpha value is -2.57. The zero-order valence-electron chi connectivity index (χ0n) is 14.1. The molecule has 0 spiro atoms. The largest absolute Gasteiger partial charge is 0.495 e. The predicted molar refractivity (Wildman–Crippen MR) is 88.1 cm³/mol. The molecule has 7 heteroatoms. The summed E-state index contributed by atoms with van der Waals surface area (Å²) in [5.74, 6) is -1.19. The van der Waals surface area contributed by atoms with Gasteiger partial charge in [0, 0.05) is 26.6 Å². The van der Waals surface area contributed by atoms with Gasteiger partial charge in [0.25, 0.3) is 0 Å². The number of ether oxygens (including phenoxy) is 1. The lowest BCUT2D eigenvalue weighted by Crippen LogP contribution is -2.36. The van der Waals surface area contributed by atoms with Crippen molar-refractivity contribution < 1.29 is 24.2 Å². The number of hydrogen-bond donors (Lipinski definition) is 1. The first-order valence-corrected chi connectivity index (χ1v) is 7.75. The summed E-state index contributed by atoms with van der Waals surface area (Å²) in [6.07, 6.45) is 0.00562. The lowest BCUT2D eigenvalue weighted by atomic mass is 10.1. The number of methoxy groups -OCH3 is 1. The van der Waals surface area contributed by atoms with Crippen molar-refractivity contribution >= 4 is 23.5 Å². The molecule has 1 aromatic carbocycles. The first kappa shape index (κ1) is 17.8. The predicted octanol–water partition coefficient (Wildman–Crippen LogP) is 1.29. The number of nitrogens with zero attached hydrogens (tertiary/aromatic N) is 2. The van der Waals surface area contributed by atoms with Crippen LogP contribution in [0.4, 0.5) is 5.69 Å². The third kappa shape index (κ3) is 3.84. The van der Waals surface area contributed by atoms with Crippen molar-refractivity contribution in [3.63, 3.8) is 0 Å². The van der Waals surface area contributed by atoms with E-state index in [1.807, 2.05) is 19.1 Å². The molecule has 2 rings (SSSR count). The Kier molecular flexibility index (Phi) is 5.43. The Labute approximate surface area is 140 Å². The van der Waals surface area contributed by atoms with Crippen LogP contribution in [-0.2, 0) is 14.4 Å². The Balaban J connectivity index is 2.12. The van der Waals surface area contributed by atoms with Gasteiger partial charge in [-0.1, -0.05) is 6.07 Å². The maximum atomic E-state index is 12.4. The van der Waals surface area contributed by atoms with E-state index in [1.165, 1.54) is 12.0 Å². The number of hydrogen-bond acceptors (Lipinski definition) is 4. The van der Waals surface area contributed by atoms with E-state index >= 15 is 0 Å². The molecule has 1 N–H and O–H groups in total. The lowest BCUT2D eigenvalue weighted by Gasteiger charge is -2.22. The number of aliphatic carboxylic acids is 1. The van der Waals surface area contributed by atoms with Gasteiger partial charge in [-0.2, -0.15) is 0 Å². The molecule has 0 bridgehead atoms. The molecule has 1 unspecified atom stereocenters. The average Bonchev–Trinajstić information content (AvgIpc) is 2.93. The van der Waals surface area contributed by atoms with Gasteiger partial charge in [0.2, 0.25) is 11.8 Å². The van der Waals surface area contributed by atoms with Gasteiger partial charge in [0.15, 0.2) is 0 Å². The number of carboxylic acids is 1. The highest BCUT2D eigenvalue weighted by atomic mass is 16.5. The summed E-state index contributed by atoms with van der Waals surface area (Å²) < 4.78 is 5.31. The Morgan fingerprint density at radius 2 is 2.12 bits per heavy atom. The number of benzene rings is 1. The number of anilines is 1. The minimum absolute atomic E-state index is 0.113. The highest BCUT2D eigenvalue weighted by Crippen LogP contribution is 2.34. The van der Waals surface area contributed by atoms with Gasteiger partial charge in [0.1, 0.15) is 5.75 Å². The fourth-order valence-corrected chi connectivity index (χ4v) is 2.80. The van der Waals surface area contributed by atoms with Crippen molar-refractivity contribution in [2.45, 2.75) is 19.8 Å². The van der Waals surface area contributed by atoms with E-state index in [0.29, 0.717) is 11.4 Å². The Morgan fingerprint density at radius 3 is 2.75 bits per heavy atom. The van der Waals surface area contributed by atoms with Crippen molar-refractivity contribution in [1.82, 2.24) is 4.90 Å². The van der Waals surface area contributed by atoms with E-state index in [1.54, 1.807) is 18.0 Å². The standard InChI is InChI=1S/C17H22N2O5/c1-11-4-5-14(24-3)13(8-11)19-10-12(9-15(19)20)17(23)18(2)7-6-16(21)22/h4-5,8,12H,6-7,9-10H2,1-3H3,(H,21,22). The minimum Gasteiger partial charge on any atom is -0.495 e. The molecule has 0 radical (unpaired) electrons. The topological polar surface area (TPSA) is 87.2 Å². The van der Waals surface area contributed by atoms with Crippen molar-refractivity contribution in [3.05, 3.63) is 23.8 Å².